The molecule has 0 aliphatic heterocycles. The van der Waals surface area contributed by atoms with Crippen molar-refractivity contribution in [3.05, 3.63) is 11.9 Å². The highest BCUT2D eigenvalue weighted by Crippen LogP contribution is 1.72. The van der Waals surface area contributed by atoms with E-state index < -0.39 is 0 Å². The predicted molar refractivity (Wildman–Crippen MR) is 30.5 cm³/mol. The standard InChI is InChI=1S/C4H9N3O/c1-6-4(3-8)2-7-5/h2-3,6-7H,5H2,1H3/b4-2-. The zero-order valence-electron chi connectivity index (χ0n) is 4.64. The summed E-state index contributed by atoms with van der Waals surface area (Å²) in [6.07, 6.45) is 2.03. The van der Waals surface area contributed by atoms with E-state index in [0.717, 1.165) is 0 Å². The summed E-state index contributed by atoms with van der Waals surface area (Å²) in [6.45, 7) is 0. The lowest BCUT2D eigenvalue weighted by Gasteiger charge is -1.93. The summed E-state index contributed by atoms with van der Waals surface area (Å²) < 4.78 is 0. The molecule has 0 radical (unpaired) electrons. The fourth-order valence-electron chi connectivity index (χ4n) is 0.255. The summed E-state index contributed by atoms with van der Waals surface area (Å²) in [4.78, 5) is 9.90. The van der Waals surface area contributed by atoms with Gasteiger partial charge in [-0.05, 0) is 0 Å². The molecule has 0 amide bonds. The molecule has 0 aromatic rings. The maximum Gasteiger partial charge on any atom is 0.167 e. The molecule has 0 aromatic heterocycles. The summed E-state index contributed by atoms with van der Waals surface area (Å²) >= 11 is 0. The van der Waals surface area contributed by atoms with Gasteiger partial charge in [-0.15, -0.1) is 0 Å². The van der Waals surface area contributed by atoms with Gasteiger partial charge < -0.3 is 10.7 Å². The summed E-state index contributed by atoms with van der Waals surface area (Å²) in [5.74, 6) is 4.86. The van der Waals surface area contributed by atoms with Gasteiger partial charge in [-0.3, -0.25) is 10.6 Å². The molecule has 4 nitrogen and oxygen atoms in total. The maximum absolute atomic E-state index is 9.90. The van der Waals surface area contributed by atoms with E-state index in [1.54, 1.807) is 7.05 Å². The van der Waals surface area contributed by atoms with Crippen LogP contribution in [0.4, 0.5) is 0 Å². The van der Waals surface area contributed by atoms with Crippen LogP contribution in [0.5, 0.6) is 0 Å². The van der Waals surface area contributed by atoms with E-state index in [1.807, 2.05) is 0 Å². The number of carbonyl (C=O) groups is 1. The topological polar surface area (TPSA) is 67.2 Å². The van der Waals surface area contributed by atoms with E-state index in [9.17, 15) is 4.79 Å². The molecule has 0 bridgehead atoms. The summed E-state index contributed by atoms with van der Waals surface area (Å²) in [6, 6.07) is 0. The first-order valence-corrected chi connectivity index (χ1v) is 2.14. The molecule has 8 heavy (non-hydrogen) atoms. The number of allylic oxidation sites excluding steroid dienone is 1. The lowest BCUT2D eigenvalue weighted by molar-refractivity contribution is -0.105. The van der Waals surface area contributed by atoms with Crippen molar-refractivity contribution in [2.75, 3.05) is 7.05 Å². The molecular weight excluding hydrogens is 106 g/mol. The van der Waals surface area contributed by atoms with Crippen molar-refractivity contribution >= 4 is 6.29 Å². The first kappa shape index (κ1) is 6.97. The van der Waals surface area contributed by atoms with Crippen LogP contribution in [0.15, 0.2) is 11.9 Å². The number of rotatable bonds is 3. The van der Waals surface area contributed by atoms with Crippen LogP contribution in [-0.4, -0.2) is 13.3 Å². The fourth-order valence-corrected chi connectivity index (χ4v) is 0.255. The summed E-state index contributed by atoms with van der Waals surface area (Å²) in [5.41, 5.74) is 2.64. The minimum atomic E-state index is 0.424. The minimum Gasteiger partial charge on any atom is -0.384 e. The number of nitrogens with two attached hydrogens (primary N) is 1. The Kier molecular flexibility index (Phi) is 3.60. The average molecular weight is 115 g/mol. The third-order valence-electron chi connectivity index (χ3n) is 0.654. The van der Waals surface area contributed by atoms with E-state index >= 15 is 0 Å². The third kappa shape index (κ3) is 2.20. The van der Waals surface area contributed by atoms with E-state index in [2.05, 4.69) is 10.7 Å². The minimum absolute atomic E-state index is 0.424. The average Bonchev–Trinajstić information content (AvgIpc) is 1.83. The van der Waals surface area contributed by atoms with Crippen LogP contribution in [-0.2, 0) is 4.79 Å². The van der Waals surface area contributed by atoms with Gasteiger partial charge in [0.2, 0.25) is 0 Å². The van der Waals surface area contributed by atoms with Gasteiger partial charge in [-0.25, -0.2) is 0 Å². The number of hydrogen-bond donors (Lipinski definition) is 3. The highest BCUT2D eigenvalue weighted by molar-refractivity contribution is 5.71. The molecule has 4 heteroatoms. The zero-order chi connectivity index (χ0) is 6.41. The van der Waals surface area contributed by atoms with Crippen LogP contribution in [0, 0.1) is 0 Å². The number of hydrogen-bond acceptors (Lipinski definition) is 4. The Hall–Kier alpha value is -1.03. The van der Waals surface area contributed by atoms with Crippen molar-refractivity contribution in [3.63, 3.8) is 0 Å². The Morgan fingerprint density at radius 1 is 1.75 bits per heavy atom. The molecule has 0 aliphatic carbocycles. The Bertz CT molecular complexity index is 99.5. The molecule has 0 aliphatic rings. The van der Waals surface area contributed by atoms with Gasteiger partial charge in [0.1, 0.15) is 0 Å². The Labute approximate surface area is 47.7 Å². The summed E-state index contributed by atoms with van der Waals surface area (Å²) in [5, 5.41) is 2.60. The van der Waals surface area contributed by atoms with Crippen LogP contribution in [0.3, 0.4) is 0 Å². The van der Waals surface area contributed by atoms with Gasteiger partial charge in [-0.2, -0.15) is 0 Å². The number of nitrogens with one attached hydrogen (secondary N) is 2. The highest BCUT2D eigenvalue weighted by atomic mass is 16.1. The van der Waals surface area contributed by atoms with E-state index in [-0.39, 0.29) is 0 Å². The lowest BCUT2D eigenvalue weighted by Crippen LogP contribution is -2.18. The quantitative estimate of drug-likeness (QED) is 0.185. The molecular formula is C4H9N3O. The van der Waals surface area contributed by atoms with Crippen LogP contribution < -0.4 is 16.6 Å². The van der Waals surface area contributed by atoms with Crippen molar-refractivity contribution in [1.29, 1.82) is 0 Å². The van der Waals surface area contributed by atoms with Gasteiger partial charge in [0.25, 0.3) is 0 Å². The molecule has 0 saturated carbocycles. The second-order valence-corrected chi connectivity index (χ2v) is 1.13. The number of hydrazine groups is 1. The SMILES string of the molecule is CN/C(C=O)=C\NN. The van der Waals surface area contributed by atoms with E-state index in [0.29, 0.717) is 12.0 Å². The first-order chi connectivity index (χ1) is 3.85. The van der Waals surface area contributed by atoms with E-state index in [4.69, 9.17) is 5.84 Å². The molecule has 0 heterocycles. The van der Waals surface area contributed by atoms with Crippen molar-refractivity contribution in [2.24, 2.45) is 5.84 Å². The van der Waals surface area contributed by atoms with Crippen molar-refractivity contribution in [2.45, 2.75) is 0 Å². The Morgan fingerprint density at radius 3 is 2.50 bits per heavy atom. The van der Waals surface area contributed by atoms with Gasteiger partial charge in [0.15, 0.2) is 6.29 Å². The molecule has 0 unspecified atom stereocenters. The van der Waals surface area contributed by atoms with Crippen LogP contribution >= 0.6 is 0 Å². The van der Waals surface area contributed by atoms with E-state index in [1.165, 1.54) is 6.20 Å². The van der Waals surface area contributed by atoms with Gasteiger partial charge in [-0.1, -0.05) is 0 Å². The van der Waals surface area contributed by atoms with Gasteiger partial charge >= 0.3 is 0 Å². The molecule has 0 saturated heterocycles. The normalized spacial score (nSPS) is 10.5. The Balaban J connectivity index is 3.66. The second kappa shape index (κ2) is 4.14. The molecule has 0 aromatic carbocycles. The maximum atomic E-state index is 9.90. The van der Waals surface area contributed by atoms with Crippen LogP contribution in [0.2, 0.25) is 0 Å². The monoisotopic (exact) mass is 115 g/mol. The van der Waals surface area contributed by atoms with Crippen molar-refractivity contribution in [1.82, 2.24) is 10.7 Å². The lowest BCUT2D eigenvalue weighted by atomic mass is 10.5. The fraction of sp³-hybridized carbons (Fsp3) is 0.250. The van der Waals surface area contributed by atoms with Crippen LogP contribution in [0.1, 0.15) is 0 Å². The van der Waals surface area contributed by atoms with Gasteiger partial charge in [0.05, 0.1) is 5.70 Å². The first-order valence-electron chi connectivity index (χ1n) is 2.14. The predicted octanol–water partition coefficient (Wildman–Crippen LogP) is -1.29. The van der Waals surface area contributed by atoms with Crippen LogP contribution in [0.25, 0.3) is 0 Å². The number of likely N-dealkylation sites (N-methyl/N-ethyl adjacent to an activating group) is 1. The zero-order valence-corrected chi connectivity index (χ0v) is 4.64. The Morgan fingerprint density at radius 2 is 2.38 bits per heavy atom. The van der Waals surface area contributed by atoms with Crippen molar-refractivity contribution in [3.8, 4) is 0 Å². The molecule has 0 spiro atoms. The second-order valence-electron chi connectivity index (χ2n) is 1.13. The van der Waals surface area contributed by atoms with Gasteiger partial charge in [0, 0.05) is 13.2 Å². The number of carbonyl (C=O) groups excluding carboxylic acids is 1. The molecule has 0 rings (SSSR count). The molecule has 46 valence electrons. The largest absolute Gasteiger partial charge is 0.384 e. The molecule has 0 fully saturated rings. The molecule has 4 N–H and O–H groups in total. The highest BCUT2D eigenvalue weighted by Gasteiger charge is 1.83. The smallest absolute Gasteiger partial charge is 0.167 e. The molecule has 0 atom stereocenters. The number of aldehydes is 1. The third-order valence-corrected chi connectivity index (χ3v) is 0.654. The van der Waals surface area contributed by atoms with Crippen molar-refractivity contribution < 1.29 is 4.79 Å². The summed E-state index contributed by atoms with van der Waals surface area (Å²) in [7, 11) is 1.64.